The van der Waals surface area contributed by atoms with Gasteiger partial charge < -0.3 is 5.73 Å². The van der Waals surface area contributed by atoms with Crippen molar-refractivity contribution < 1.29 is 0 Å². The zero-order valence-corrected chi connectivity index (χ0v) is 10.9. The second-order valence-electron chi connectivity index (χ2n) is 3.59. The first kappa shape index (κ1) is 12.9. The van der Waals surface area contributed by atoms with Crippen molar-refractivity contribution in [1.82, 2.24) is 0 Å². The molecule has 0 spiro atoms. The smallest absolute Gasteiger partial charge is 0.0449 e. The molecule has 0 aliphatic carbocycles. The van der Waals surface area contributed by atoms with Crippen LogP contribution in [0.2, 0.25) is 5.02 Å². The molecule has 1 atom stereocenters. The molecule has 15 heavy (non-hydrogen) atoms. The molecule has 1 aromatic rings. The van der Waals surface area contributed by atoms with Crippen LogP contribution in [0.15, 0.2) is 23.1 Å². The van der Waals surface area contributed by atoms with Crippen molar-refractivity contribution in [3.05, 3.63) is 28.8 Å². The molecule has 1 unspecified atom stereocenters. The lowest BCUT2D eigenvalue weighted by Gasteiger charge is -2.13. The lowest BCUT2D eigenvalue weighted by atomic mass is 10.1. The first-order valence-electron chi connectivity index (χ1n) is 5.33. The number of nitrogens with two attached hydrogens (primary N) is 1. The van der Waals surface area contributed by atoms with E-state index in [0.717, 1.165) is 11.4 Å². The predicted octanol–water partition coefficient (Wildman–Crippen LogP) is 3.73. The Morgan fingerprint density at radius 2 is 2.20 bits per heavy atom. The number of hydrogen-bond donors (Lipinski definition) is 1. The van der Waals surface area contributed by atoms with Gasteiger partial charge in [-0.15, -0.1) is 11.8 Å². The van der Waals surface area contributed by atoms with E-state index in [9.17, 15) is 0 Å². The van der Waals surface area contributed by atoms with Gasteiger partial charge in [0.2, 0.25) is 0 Å². The van der Waals surface area contributed by atoms with Crippen molar-refractivity contribution >= 4 is 23.4 Å². The Kier molecular flexibility index (Phi) is 5.51. The molecule has 84 valence electrons. The highest BCUT2D eigenvalue weighted by molar-refractivity contribution is 8.00. The van der Waals surface area contributed by atoms with Gasteiger partial charge in [-0.3, -0.25) is 0 Å². The maximum Gasteiger partial charge on any atom is 0.0449 e. The lowest BCUT2D eigenvalue weighted by Crippen LogP contribution is -2.05. The Morgan fingerprint density at radius 1 is 1.47 bits per heavy atom. The second-order valence-corrected chi connectivity index (χ2v) is 5.48. The molecule has 0 radical (unpaired) electrons. The predicted molar refractivity (Wildman–Crippen MR) is 69.8 cm³/mol. The van der Waals surface area contributed by atoms with Crippen molar-refractivity contribution in [3.63, 3.8) is 0 Å². The topological polar surface area (TPSA) is 26.0 Å². The molecule has 1 aromatic carbocycles. The molecule has 1 nitrogen and oxygen atoms in total. The maximum atomic E-state index is 6.17. The van der Waals surface area contributed by atoms with E-state index in [1.165, 1.54) is 16.9 Å². The zero-order chi connectivity index (χ0) is 11.3. The Morgan fingerprint density at radius 3 is 2.80 bits per heavy atom. The SMILES string of the molecule is CCC(C)Sc1cccc(Cl)c1CCN. The van der Waals surface area contributed by atoms with Crippen LogP contribution in [0, 0.1) is 0 Å². The fourth-order valence-corrected chi connectivity index (χ4v) is 2.77. The quantitative estimate of drug-likeness (QED) is 0.798. The highest BCUT2D eigenvalue weighted by Crippen LogP contribution is 2.32. The van der Waals surface area contributed by atoms with Gasteiger partial charge in [0.25, 0.3) is 0 Å². The molecule has 0 fully saturated rings. The fourth-order valence-electron chi connectivity index (χ4n) is 1.34. The van der Waals surface area contributed by atoms with Gasteiger partial charge in [-0.05, 0) is 37.1 Å². The van der Waals surface area contributed by atoms with E-state index in [2.05, 4.69) is 19.9 Å². The summed E-state index contributed by atoms with van der Waals surface area (Å²) >= 11 is 8.05. The third-order valence-electron chi connectivity index (χ3n) is 2.37. The zero-order valence-electron chi connectivity index (χ0n) is 9.29. The summed E-state index contributed by atoms with van der Waals surface area (Å²) in [6.07, 6.45) is 2.03. The summed E-state index contributed by atoms with van der Waals surface area (Å²) in [6.45, 7) is 5.08. The van der Waals surface area contributed by atoms with Crippen molar-refractivity contribution in [3.8, 4) is 0 Å². The second kappa shape index (κ2) is 6.41. The molecule has 0 heterocycles. The van der Waals surface area contributed by atoms with Crippen molar-refractivity contribution in [1.29, 1.82) is 0 Å². The first-order chi connectivity index (χ1) is 7.19. The third kappa shape index (κ3) is 3.71. The highest BCUT2D eigenvalue weighted by Gasteiger charge is 2.09. The summed E-state index contributed by atoms with van der Waals surface area (Å²) in [6, 6.07) is 6.08. The van der Waals surface area contributed by atoms with E-state index < -0.39 is 0 Å². The van der Waals surface area contributed by atoms with Crippen LogP contribution in [0.3, 0.4) is 0 Å². The number of thioether (sulfide) groups is 1. The van der Waals surface area contributed by atoms with Crippen LogP contribution < -0.4 is 5.73 Å². The average Bonchev–Trinajstić information content (AvgIpc) is 2.23. The minimum Gasteiger partial charge on any atom is -0.330 e. The van der Waals surface area contributed by atoms with Crippen LogP contribution in [0.4, 0.5) is 0 Å². The molecule has 0 bridgehead atoms. The van der Waals surface area contributed by atoms with Crippen molar-refractivity contribution in [2.45, 2.75) is 36.8 Å². The van der Waals surface area contributed by atoms with Gasteiger partial charge >= 0.3 is 0 Å². The first-order valence-corrected chi connectivity index (χ1v) is 6.58. The highest BCUT2D eigenvalue weighted by atomic mass is 35.5. The van der Waals surface area contributed by atoms with Crippen LogP contribution in [0.5, 0.6) is 0 Å². The molecule has 0 aliphatic heterocycles. The van der Waals surface area contributed by atoms with E-state index in [0.29, 0.717) is 11.8 Å². The standard InChI is InChI=1S/C12H18ClNS/c1-3-9(2)15-12-6-4-5-11(13)10(12)7-8-14/h4-6,9H,3,7-8,14H2,1-2H3. The Labute approximate surface area is 101 Å². The molecule has 0 amide bonds. The fraction of sp³-hybridized carbons (Fsp3) is 0.500. The number of rotatable bonds is 5. The van der Waals surface area contributed by atoms with Gasteiger partial charge in [0, 0.05) is 15.2 Å². The van der Waals surface area contributed by atoms with Crippen LogP contribution in [0.1, 0.15) is 25.8 Å². The molecule has 0 saturated heterocycles. The van der Waals surface area contributed by atoms with E-state index in [-0.39, 0.29) is 0 Å². The average molecular weight is 244 g/mol. The maximum absolute atomic E-state index is 6.17. The normalized spacial score (nSPS) is 12.8. The summed E-state index contributed by atoms with van der Waals surface area (Å²) in [5.74, 6) is 0. The van der Waals surface area contributed by atoms with Crippen LogP contribution in [0.25, 0.3) is 0 Å². The van der Waals surface area contributed by atoms with Gasteiger partial charge in [-0.2, -0.15) is 0 Å². The van der Waals surface area contributed by atoms with Crippen molar-refractivity contribution in [2.75, 3.05) is 6.54 Å². The largest absolute Gasteiger partial charge is 0.330 e. The number of hydrogen-bond acceptors (Lipinski definition) is 2. The molecule has 0 saturated carbocycles. The number of benzene rings is 1. The summed E-state index contributed by atoms with van der Waals surface area (Å²) in [7, 11) is 0. The van der Waals surface area contributed by atoms with E-state index in [1.54, 1.807) is 0 Å². The van der Waals surface area contributed by atoms with Crippen LogP contribution >= 0.6 is 23.4 Å². The molecule has 0 aliphatic rings. The molecular weight excluding hydrogens is 226 g/mol. The molecule has 1 rings (SSSR count). The van der Waals surface area contributed by atoms with E-state index in [4.69, 9.17) is 17.3 Å². The van der Waals surface area contributed by atoms with Gasteiger partial charge in [0.15, 0.2) is 0 Å². The van der Waals surface area contributed by atoms with Crippen LogP contribution in [-0.4, -0.2) is 11.8 Å². The minimum atomic E-state index is 0.625. The molecule has 2 N–H and O–H groups in total. The monoisotopic (exact) mass is 243 g/mol. The summed E-state index contributed by atoms with van der Waals surface area (Å²) in [5, 5.41) is 1.47. The molecule has 3 heteroatoms. The van der Waals surface area contributed by atoms with E-state index in [1.807, 2.05) is 23.9 Å². The molecular formula is C12H18ClNS. The minimum absolute atomic E-state index is 0.625. The lowest BCUT2D eigenvalue weighted by molar-refractivity contribution is 0.899. The van der Waals surface area contributed by atoms with Crippen LogP contribution in [-0.2, 0) is 6.42 Å². The Bertz CT molecular complexity index is 314. The third-order valence-corrected chi connectivity index (χ3v) is 4.10. The number of halogens is 1. The molecule has 0 aromatic heterocycles. The van der Waals surface area contributed by atoms with Gasteiger partial charge in [0.05, 0.1) is 0 Å². The van der Waals surface area contributed by atoms with E-state index >= 15 is 0 Å². The summed E-state index contributed by atoms with van der Waals surface area (Å²) in [5.41, 5.74) is 6.79. The Hall–Kier alpha value is -0.180. The van der Waals surface area contributed by atoms with Gasteiger partial charge in [-0.25, -0.2) is 0 Å². The van der Waals surface area contributed by atoms with Crippen molar-refractivity contribution in [2.24, 2.45) is 5.73 Å². The summed E-state index contributed by atoms with van der Waals surface area (Å²) < 4.78 is 0. The van der Waals surface area contributed by atoms with Gasteiger partial charge in [-0.1, -0.05) is 31.5 Å². The summed E-state index contributed by atoms with van der Waals surface area (Å²) in [4.78, 5) is 1.28. The van der Waals surface area contributed by atoms with Gasteiger partial charge in [0.1, 0.15) is 0 Å². The Balaban J connectivity index is 2.89.